The molecule has 1 unspecified atom stereocenters. The van der Waals surface area contributed by atoms with E-state index < -0.39 is 0 Å². The van der Waals surface area contributed by atoms with Gasteiger partial charge in [0.2, 0.25) is 5.91 Å². The highest BCUT2D eigenvalue weighted by molar-refractivity contribution is 5.78. The Morgan fingerprint density at radius 1 is 1.29 bits per heavy atom. The maximum absolute atomic E-state index is 12.6. The number of morpholine rings is 1. The van der Waals surface area contributed by atoms with Crippen LogP contribution in [0.15, 0.2) is 12.1 Å². The monoisotopic (exact) mass is 333 g/mol. The summed E-state index contributed by atoms with van der Waals surface area (Å²) in [5.74, 6) is 1.50. The maximum Gasteiger partial charge on any atom is 0.236 e. The van der Waals surface area contributed by atoms with Crippen LogP contribution in [0.1, 0.15) is 18.5 Å². The molecular weight excluding hydrogens is 306 g/mol. The van der Waals surface area contributed by atoms with E-state index in [2.05, 4.69) is 20.4 Å². The van der Waals surface area contributed by atoms with Crippen LogP contribution >= 0.6 is 0 Å². The number of ether oxygens (including phenoxy) is 1. The molecule has 1 aromatic rings. The van der Waals surface area contributed by atoms with Crippen LogP contribution in [-0.2, 0) is 16.0 Å². The van der Waals surface area contributed by atoms with Gasteiger partial charge in [-0.3, -0.25) is 9.69 Å². The lowest BCUT2D eigenvalue weighted by molar-refractivity contribution is -0.135. The minimum Gasteiger partial charge on any atom is -0.379 e. The number of anilines is 1. The summed E-state index contributed by atoms with van der Waals surface area (Å²) < 4.78 is 5.34. The Bertz CT molecular complexity index is 530. The maximum atomic E-state index is 12.6. The molecule has 1 aromatic heterocycles. The zero-order valence-electron chi connectivity index (χ0n) is 14.4. The molecule has 2 aliphatic rings. The number of carbonyl (C=O) groups is 1. The normalized spacial score (nSPS) is 22.4. The van der Waals surface area contributed by atoms with Crippen molar-refractivity contribution in [3.8, 4) is 0 Å². The fourth-order valence-electron chi connectivity index (χ4n) is 3.41. The molecule has 0 bridgehead atoms. The van der Waals surface area contributed by atoms with E-state index in [0.717, 1.165) is 70.2 Å². The highest BCUT2D eigenvalue weighted by Crippen LogP contribution is 2.20. The fraction of sp³-hybridized carbons (Fsp3) is 0.706. The molecule has 1 amide bonds. The number of amides is 1. The lowest BCUT2D eigenvalue weighted by Crippen LogP contribution is -2.47. The van der Waals surface area contributed by atoms with Crippen LogP contribution in [0.4, 0.5) is 5.82 Å². The first-order chi connectivity index (χ1) is 11.7. The number of aromatic nitrogens is 2. The van der Waals surface area contributed by atoms with E-state index in [-0.39, 0.29) is 5.91 Å². The molecule has 0 radical (unpaired) electrons. The van der Waals surface area contributed by atoms with Gasteiger partial charge in [-0.05, 0) is 37.3 Å². The lowest BCUT2D eigenvalue weighted by Gasteiger charge is -2.35. The number of nitrogens with zero attached hydrogens (tertiary/aromatic N) is 4. The van der Waals surface area contributed by atoms with Crippen molar-refractivity contribution in [2.75, 3.05) is 58.3 Å². The van der Waals surface area contributed by atoms with Crippen molar-refractivity contribution in [3.05, 3.63) is 17.8 Å². The van der Waals surface area contributed by atoms with Crippen molar-refractivity contribution in [3.63, 3.8) is 0 Å². The van der Waals surface area contributed by atoms with Gasteiger partial charge in [0.05, 0.1) is 25.5 Å². The highest BCUT2D eigenvalue weighted by Gasteiger charge is 2.25. The van der Waals surface area contributed by atoms with Gasteiger partial charge in [-0.2, -0.15) is 5.10 Å². The second kappa shape index (κ2) is 8.39. The smallest absolute Gasteiger partial charge is 0.236 e. The van der Waals surface area contributed by atoms with E-state index in [0.29, 0.717) is 12.5 Å². The molecule has 3 rings (SSSR count). The number of likely N-dealkylation sites (tertiary alicyclic amines) is 1. The van der Waals surface area contributed by atoms with E-state index in [4.69, 9.17) is 4.74 Å². The van der Waals surface area contributed by atoms with Gasteiger partial charge in [0, 0.05) is 33.2 Å². The van der Waals surface area contributed by atoms with Crippen LogP contribution in [0.3, 0.4) is 0 Å². The van der Waals surface area contributed by atoms with Gasteiger partial charge in [0.25, 0.3) is 0 Å². The molecule has 1 atom stereocenters. The predicted octanol–water partition coefficient (Wildman–Crippen LogP) is 0.632. The summed E-state index contributed by atoms with van der Waals surface area (Å²) >= 11 is 0. The Morgan fingerprint density at radius 2 is 2.12 bits per heavy atom. The van der Waals surface area contributed by atoms with E-state index in [9.17, 15) is 4.79 Å². The Balaban J connectivity index is 1.50. The molecule has 0 aliphatic carbocycles. The van der Waals surface area contributed by atoms with Crippen molar-refractivity contribution < 1.29 is 9.53 Å². The third-order valence-corrected chi connectivity index (χ3v) is 4.81. The molecular formula is C17H27N5O2. The predicted molar refractivity (Wildman–Crippen MR) is 91.8 cm³/mol. The standard InChI is InChI=1S/C17H27N5O2/c1-18-16-5-4-15(19-20-16)11-14-3-2-6-22(12-14)17(23)13-21-7-9-24-10-8-21/h4-5,14H,2-3,6-13H2,1H3,(H,18,20). The fourth-order valence-corrected chi connectivity index (χ4v) is 3.41. The third kappa shape index (κ3) is 4.64. The average molecular weight is 333 g/mol. The van der Waals surface area contributed by atoms with Gasteiger partial charge in [-0.15, -0.1) is 5.10 Å². The summed E-state index contributed by atoms with van der Waals surface area (Å²) in [4.78, 5) is 16.8. The molecule has 2 aliphatic heterocycles. The minimum absolute atomic E-state index is 0.248. The van der Waals surface area contributed by atoms with Gasteiger partial charge in [-0.25, -0.2) is 0 Å². The third-order valence-electron chi connectivity index (χ3n) is 4.81. The molecule has 24 heavy (non-hydrogen) atoms. The SMILES string of the molecule is CNc1ccc(CC2CCCN(C(=O)CN3CCOCC3)C2)nn1. The Hall–Kier alpha value is -1.73. The quantitative estimate of drug-likeness (QED) is 0.852. The minimum atomic E-state index is 0.248. The van der Waals surface area contributed by atoms with Crippen molar-refractivity contribution >= 4 is 11.7 Å². The molecule has 132 valence electrons. The average Bonchev–Trinajstić information content (AvgIpc) is 2.63. The molecule has 2 fully saturated rings. The van der Waals surface area contributed by atoms with Crippen LogP contribution < -0.4 is 5.32 Å². The van der Waals surface area contributed by atoms with E-state index in [1.54, 1.807) is 0 Å². The first kappa shape index (κ1) is 17.1. The molecule has 7 heteroatoms. The number of piperidine rings is 1. The first-order valence-electron chi connectivity index (χ1n) is 8.83. The summed E-state index contributed by atoms with van der Waals surface area (Å²) in [5, 5.41) is 11.4. The van der Waals surface area contributed by atoms with Gasteiger partial charge in [-0.1, -0.05) is 0 Å². The van der Waals surface area contributed by atoms with Crippen molar-refractivity contribution in [2.45, 2.75) is 19.3 Å². The number of rotatable bonds is 5. The summed E-state index contributed by atoms with van der Waals surface area (Å²) in [6, 6.07) is 3.97. The van der Waals surface area contributed by atoms with E-state index in [1.807, 2.05) is 24.1 Å². The molecule has 3 heterocycles. The van der Waals surface area contributed by atoms with Crippen LogP contribution in [0.2, 0.25) is 0 Å². The topological polar surface area (TPSA) is 70.6 Å². The molecule has 0 spiro atoms. The van der Waals surface area contributed by atoms with Gasteiger partial charge >= 0.3 is 0 Å². The number of hydrogen-bond donors (Lipinski definition) is 1. The van der Waals surface area contributed by atoms with Crippen LogP contribution in [0, 0.1) is 5.92 Å². The van der Waals surface area contributed by atoms with Gasteiger partial charge in [0.15, 0.2) is 0 Å². The molecule has 0 aromatic carbocycles. The summed E-state index contributed by atoms with van der Waals surface area (Å²) in [5.41, 5.74) is 1.00. The van der Waals surface area contributed by atoms with Crippen molar-refractivity contribution in [1.82, 2.24) is 20.0 Å². The van der Waals surface area contributed by atoms with E-state index in [1.165, 1.54) is 0 Å². The number of nitrogens with one attached hydrogen (secondary N) is 1. The van der Waals surface area contributed by atoms with Crippen LogP contribution in [0.25, 0.3) is 0 Å². The molecule has 2 saturated heterocycles. The largest absolute Gasteiger partial charge is 0.379 e. The summed E-state index contributed by atoms with van der Waals surface area (Å²) in [6.07, 6.45) is 3.11. The zero-order chi connectivity index (χ0) is 16.8. The molecule has 1 N–H and O–H groups in total. The number of hydrogen-bond acceptors (Lipinski definition) is 6. The molecule has 0 saturated carbocycles. The second-order valence-corrected chi connectivity index (χ2v) is 6.60. The summed E-state index contributed by atoms with van der Waals surface area (Å²) in [6.45, 7) is 5.41. The van der Waals surface area contributed by atoms with Crippen LogP contribution in [-0.4, -0.2) is 78.9 Å². The summed E-state index contributed by atoms with van der Waals surface area (Å²) in [7, 11) is 1.84. The molecule has 7 nitrogen and oxygen atoms in total. The number of carbonyl (C=O) groups excluding carboxylic acids is 1. The van der Waals surface area contributed by atoms with Gasteiger partial charge < -0.3 is 15.0 Å². The second-order valence-electron chi connectivity index (χ2n) is 6.60. The van der Waals surface area contributed by atoms with Gasteiger partial charge in [0.1, 0.15) is 5.82 Å². The first-order valence-corrected chi connectivity index (χ1v) is 8.83. The highest BCUT2D eigenvalue weighted by atomic mass is 16.5. The Morgan fingerprint density at radius 3 is 2.83 bits per heavy atom. The van der Waals surface area contributed by atoms with Crippen molar-refractivity contribution in [1.29, 1.82) is 0 Å². The Kier molecular flexibility index (Phi) is 5.98. The van der Waals surface area contributed by atoms with E-state index >= 15 is 0 Å². The lowest BCUT2D eigenvalue weighted by atomic mass is 9.93. The van der Waals surface area contributed by atoms with Crippen molar-refractivity contribution in [2.24, 2.45) is 5.92 Å². The zero-order valence-corrected chi connectivity index (χ0v) is 14.4. The van der Waals surface area contributed by atoms with Crippen LogP contribution in [0.5, 0.6) is 0 Å². The Labute approximate surface area is 143 Å².